The van der Waals surface area contributed by atoms with Crippen molar-refractivity contribution in [1.29, 1.82) is 0 Å². The van der Waals surface area contributed by atoms with Crippen molar-refractivity contribution in [2.24, 2.45) is 0 Å². The van der Waals surface area contributed by atoms with Crippen LogP contribution in [0, 0.1) is 12.7 Å². The largest absolute Gasteiger partial charge is 0.452 e. The Morgan fingerprint density at radius 3 is 2.43 bits per heavy atom. The van der Waals surface area contributed by atoms with Gasteiger partial charge in [-0.25, -0.2) is 4.39 Å². The highest BCUT2D eigenvalue weighted by atomic mass is 35.5. The first-order valence-electron chi connectivity index (χ1n) is 6.62. The molecule has 0 saturated carbocycles. The Morgan fingerprint density at radius 1 is 1.14 bits per heavy atom. The molecule has 21 heavy (non-hydrogen) atoms. The van der Waals surface area contributed by atoms with Crippen LogP contribution in [0.25, 0.3) is 0 Å². The molecule has 5 heteroatoms. The second-order valence-electron chi connectivity index (χ2n) is 5.31. The van der Waals surface area contributed by atoms with Gasteiger partial charge in [0, 0.05) is 0 Å². The van der Waals surface area contributed by atoms with Gasteiger partial charge in [-0.3, -0.25) is 0 Å². The highest BCUT2D eigenvalue weighted by Gasteiger charge is 2.18. The zero-order valence-corrected chi connectivity index (χ0v) is 13.0. The summed E-state index contributed by atoms with van der Waals surface area (Å²) in [6.45, 7) is 6.01. The summed E-state index contributed by atoms with van der Waals surface area (Å²) in [6, 6.07) is 7.18. The van der Waals surface area contributed by atoms with E-state index >= 15 is 0 Å². The molecule has 0 heterocycles. The molecule has 0 aromatic heterocycles. The zero-order chi connectivity index (χ0) is 15.7. The Hall–Kier alpha value is -1.94. The monoisotopic (exact) mass is 308 g/mol. The van der Waals surface area contributed by atoms with Gasteiger partial charge in [0.1, 0.15) is 10.8 Å². The van der Waals surface area contributed by atoms with Crippen LogP contribution >= 0.6 is 11.6 Å². The fraction of sp³-hybridized carbons (Fsp3) is 0.250. The fourth-order valence-electron chi connectivity index (χ4n) is 2.07. The number of anilines is 2. The minimum atomic E-state index is -0.745. The molecule has 0 radical (unpaired) electrons. The second kappa shape index (κ2) is 5.82. The normalized spacial score (nSPS) is 11.0. The van der Waals surface area contributed by atoms with E-state index in [1.807, 2.05) is 39.0 Å². The van der Waals surface area contributed by atoms with Crippen LogP contribution in [-0.4, -0.2) is 0 Å². The molecular weight excluding hydrogens is 291 g/mol. The summed E-state index contributed by atoms with van der Waals surface area (Å²) in [7, 11) is 0. The van der Waals surface area contributed by atoms with Gasteiger partial charge in [-0.15, -0.1) is 0 Å². The molecule has 0 atom stereocenters. The molecule has 112 valence electrons. The number of hydrogen-bond acceptors (Lipinski definition) is 3. The Bertz CT molecular complexity index is 686. The van der Waals surface area contributed by atoms with Crippen LogP contribution in [0.1, 0.15) is 30.9 Å². The summed E-state index contributed by atoms with van der Waals surface area (Å²) in [5, 5.41) is -0.182. The summed E-state index contributed by atoms with van der Waals surface area (Å²) >= 11 is 5.82. The standard InChI is InChI=1S/C16H18ClFN2O/c1-8(2)10-5-4-9(3)6-13(10)21-16-12(20)7-11(19)14(17)15(16)18/h4-8H,19-20H2,1-3H3. The van der Waals surface area contributed by atoms with E-state index in [9.17, 15) is 4.39 Å². The topological polar surface area (TPSA) is 61.3 Å². The quantitative estimate of drug-likeness (QED) is 0.795. The Morgan fingerprint density at radius 2 is 1.81 bits per heavy atom. The average molecular weight is 309 g/mol. The highest BCUT2D eigenvalue weighted by Crippen LogP contribution is 2.40. The van der Waals surface area contributed by atoms with Crippen molar-refractivity contribution >= 4 is 23.0 Å². The van der Waals surface area contributed by atoms with Crippen LogP contribution < -0.4 is 16.2 Å². The minimum Gasteiger partial charge on any atom is -0.452 e. The van der Waals surface area contributed by atoms with Crippen molar-refractivity contribution in [1.82, 2.24) is 0 Å². The average Bonchev–Trinajstić information content (AvgIpc) is 2.41. The van der Waals surface area contributed by atoms with E-state index in [1.165, 1.54) is 6.07 Å². The fourth-order valence-corrected chi connectivity index (χ4v) is 2.21. The third-order valence-corrected chi connectivity index (χ3v) is 3.61. The molecule has 0 amide bonds. The van der Waals surface area contributed by atoms with E-state index in [-0.39, 0.29) is 28.1 Å². The van der Waals surface area contributed by atoms with Crippen molar-refractivity contribution in [2.45, 2.75) is 26.7 Å². The van der Waals surface area contributed by atoms with E-state index in [0.29, 0.717) is 5.75 Å². The predicted octanol–water partition coefficient (Wildman–Crippen LogP) is 4.87. The molecule has 2 aromatic rings. The van der Waals surface area contributed by atoms with Gasteiger partial charge in [0.25, 0.3) is 0 Å². The van der Waals surface area contributed by atoms with Gasteiger partial charge in [0.05, 0.1) is 11.4 Å². The summed E-state index contributed by atoms with van der Waals surface area (Å²) in [5.74, 6) is -0.0438. The molecule has 0 aliphatic rings. The first-order valence-corrected chi connectivity index (χ1v) is 7.00. The van der Waals surface area contributed by atoms with Gasteiger partial charge in [0.15, 0.2) is 11.6 Å². The molecule has 0 aliphatic carbocycles. The first-order chi connectivity index (χ1) is 9.81. The van der Waals surface area contributed by atoms with Crippen LogP contribution in [0.15, 0.2) is 24.3 Å². The first kappa shape index (κ1) is 15.4. The van der Waals surface area contributed by atoms with Crippen molar-refractivity contribution < 1.29 is 9.13 Å². The Balaban J connectivity index is 2.53. The Kier molecular flexibility index (Phi) is 4.28. The van der Waals surface area contributed by atoms with E-state index in [1.54, 1.807) is 0 Å². The number of nitrogens with two attached hydrogens (primary N) is 2. The maximum absolute atomic E-state index is 14.2. The molecular formula is C16H18ClFN2O. The molecule has 0 spiro atoms. The van der Waals surface area contributed by atoms with E-state index in [0.717, 1.165) is 11.1 Å². The van der Waals surface area contributed by atoms with E-state index in [2.05, 4.69) is 0 Å². The van der Waals surface area contributed by atoms with Crippen LogP contribution in [0.2, 0.25) is 5.02 Å². The molecule has 0 unspecified atom stereocenters. The van der Waals surface area contributed by atoms with Gasteiger partial charge in [-0.2, -0.15) is 0 Å². The number of hydrogen-bond donors (Lipinski definition) is 2. The maximum atomic E-state index is 14.2. The van der Waals surface area contributed by atoms with Crippen molar-refractivity contribution in [3.63, 3.8) is 0 Å². The van der Waals surface area contributed by atoms with Gasteiger partial charge >= 0.3 is 0 Å². The van der Waals surface area contributed by atoms with Gasteiger partial charge in [-0.1, -0.05) is 37.6 Å². The van der Waals surface area contributed by atoms with E-state index in [4.69, 9.17) is 27.8 Å². The van der Waals surface area contributed by atoms with Crippen LogP contribution in [0.5, 0.6) is 11.5 Å². The molecule has 3 nitrogen and oxygen atoms in total. The predicted molar refractivity (Wildman–Crippen MR) is 85.6 cm³/mol. The minimum absolute atomic E-state index is 0.0901. The van der Waals surface area contributed by atoms with Gasteiger partial charge in [0.2, 0.25) is 0 Å². The molecule has 0 bridgehead atoms. The molecule has 4 N–H and O–H groups in total. The number of nitrogen functional groups attached to an aromatic ring is 2. The SMILES string of the molecule is Cc1ccc(C(C)C)c(Oc2c(N)cc(N)c(Cl)c2F)c1. The summed E-state index contributed by atoms with van der Waals surface area (Å²) in [6.07, 6.45) is 0. The lowest BCUT2D eigenvalue weighted by molar-refractivity contribution is 0.438. The molecule has 0 saturated heterocycles. The van der Waals surface area contributed by atoms with Crippen LogP contribution in [-0.2, 0) is 0 Å². The number of halogens is 2. The zero-order valence-electron chi connectivity index (χ0n) is 12.2. The second-order valence-corrected chi connectivity index (χ2v) is 5.69. The third-order valence-electron chi connectivity index (χ3n) is 3.22. The summed E-state index contributed by atoms with van der Waals surface area (Å²) in [5.41, 5.74) is 13.6. The lowest BCUT2D eigenvalue weighted by atomic mass is 10.0. The molecule has 2 rings (SSSR count). The van der Waals surface area contributed by atoms with Crippen molar-refractivity contribution in [3.05, 3.63) is 46.2 Å². The third kappa shape index (κ3) is 3.05. The summed E-state index contributed by atoms with van der Waals surface area (Å²) < 4.78 is 19.9. The highest BCUT2D eigenvalue weighted by molar-refractivity contribution is 6.33. The summed E-state index contributed by atoms with van der Waals surface area (Å²) in [4.78, 5) is 0. The number of benzene rings is 2. The molecule has 0 fully saturated rings. The van der Waals surface area contributed by atoms with Crippen LogP contribution in [0.3, 0.4) is 0 Å². The van der Waals surface area contributed by atoms with Gasteiger partial charge < -0.3 is 16.2 Å². The van der Waals surface area contributed by atoms with Crippen molar-refractivity contribution in [2.75, 3.05) is 11.5 Å². The smallest absolute Gasteiger partial charge is 0.188 e. The maximum Gasteiger partial charge on any atom is 0.188 e. The molecule has 0 aliphatic heterocycles. The number of ether oxygens (including phenoxy) is 1. The number of rotatable bonds is 3. The lowest BCUT2D eigenvalue weighted by Crippen LogP contribution is -2.02. The van der Waals surface area contributed by atoms with Crippen LogP contribution in [0.4, 0.5) is 15.8 Å². The van der Waals surface area contributed by atoms with Gasteiger partial charge in [-0.05, 0) is 36.1 Å². The van der Waals surface area contributed by atoms with E-state index < -0.39 is 5.82 Å². The molecule has 2 aromatic carbocycles. The lowest BCUT2D eigenvalue weighted by Gasteiger charge is -2.17. The van der Waals surface area contributed by atoms with Crippen molar-refractivity contribution in [3.8, 4) is 11.5 Å². The Labute approximate surface area is 128 Å². The number of aryl methyl sites for hydroxylation is 1.